The Bertz CT molecular complexity index is 445. The monoisotopic (exact) mass is 231 g/mol. The lowest BCUT2D eigenvalue weighted by Crippen LogP contribution is -2.32. The first-order chi connectivity index (χ1) is 8.16. The highest BCUT2D eigenvalue weighted by atomic mass is 16.5. The molecule has 0 radical (unpaired) electrons. The van der Waals surface area contributed by atoms with E-state index >= 15 is 0 Å². The second-order valence-corrected chi connectivity index (χ2v) is 4.55. The van der Waals surface area contributed by atoms with E-state index in [0.717, 1.165) is 41.9 Å². The predicted molar refractivity (Wildman–Crippen MR) is 65.4 cm³/mol. The Morgan fingerprint density at radius 1 is 1.18 bits per heavy atom. The molecule has 3 heteroatoms. The number of benzene rings is 1. The van der Waals surface area contributed by atoms with Crippen molar-refractivity contribution in [2.45, 2.75) is 31.6 Å². The number of methoxy groups -OCH3 is 2. The van der Waals surface area contributed by atoms with Gasteiger partial charge in [0.15, 0.2) is 0 Å². The minimum Gasteiger partial charge on any atom is -0.496 e. The van der Waals surface area contributed by atoms with Crippen LogP contribution in [0.5, 0.6) is 11.5 Å². The van der Waals surface area contributed by atoms with Crippen LogP contribution >= 0.6 is 0 Å². The number of hydrogen-bond donors (Lipinski definition) is 0. The number of nitriles is 1. The lowest BCUT2D eigenvalue weighted by molar-refractivity contribution is 0.319. The Hall–Kier alpha value is -1.69. The van der Waals surface area contributed by atoms with Gasteiger partial charge in [-0.05, 0) is 43.9 Å². The van der Waals surface area contributed by atoms with Crippen molar-refractivity contribution in [1.29, 1.82) is 5.26 Å². The quantitative estimate of drug-likeness (QED) is 0.803. The van der Waals surface area contributed by atoms with E-state index < -0.39 is 0 Å². The van der Waals surface area contributed by atoms with E-state index in [9.17, 15) is 5.26 Å². The van der Waals surface area contributed by atoms with E-state index in [1.807, 2.05) is 19.1 Å². The molecule has 0 aromatic heterocycles. The first-order valence-corrected chi connectivity index (χ1v) is 5.81. The number of rotatable bonds is 3. The van der Waals surface area contributed by atoms with Crippen molar-refractivity contribution in [2.75, 3.05) is 14.2 Å². The van der Waals surface area contributed by atoms with Crippen molar-refractivity contribution in [1.82, 2.24) is 0 Å². The van der Waals surface area contributed by atoms with Crippen LogP contribution in [0.15, 0.2) is 12.1 Å². The Balaban J connectivity index is 2.52. The van der Waals surface area contributed by atoms with Gasteiger partial charge in [0, 0.05) is 5.56 Å². The average molecular weight is 231 g/mol. The van der Waals surface area contributed by atoms with Gasteiger partial charge in [0.2, 0.25) is 0 Å². The van der Waals surface area contributed by atoms with Crippen molar-refractivity contribution in [3.05, 3.63) is 23.3 Å². The SMILES string of the molecule is COc1cc(C2(C#N)CCC2)cc(OC)c1C. The largest absolute Gasteiger partial charge is 0.496 e. The summed E-state index contributed by atoms with van der Waals surface area (Å²) in [5, 5.41) is 9.35. The molecule has 2 rings (SSSR count). The molecule has 17 heavy (non-hydrogen) atoms. The molecule has 90 valence electrons. The third-order valence-electron chi connectivity index (χ3n) is 3.73. The maximum absolute atomic E-state index is 9.35. The Morgan fingerprint density at radius 2 is 1.71 bits per heavy atom. The van der Waals surface area contributed by atoms with E-state index in [1.165, 1.54) is 0 Å². The van der Waals surface area contributed by atoms with Crippen LogP contribution in [0.3, 0.4) is 0 Å². The van der Waals surface area contributed by atoms with Gasteiger partial charge in [0.1, 0.15) is 11.5 Å². The molecule has 1 saturated carbocycles. The molecule has 0 bridgehead atoms. The fourth-order valence-corrected chi connectivity index (χ4v) is 2.36. The second kappa shape index (κ2) is 4.29. The fraction of sp³-hybridized carbons (Fsp3) is 0.500. The highest BCUT2D eigenvalue weighted by molar-refractivity contribution is 5.51. The Kier molecular flexibility index (Phi) is 2.97. The summed E-state index contributed by atoms with van der Waals surface area (Å²) < 4.78 is 10.7. The first kappa shape index (κ1) is 11.8. The summed E-state index contributed by atoms with van der Waals surface area (Å²) in [5.74, 6) is 1.58. The molecule has 1 aromatic carbocycles. The molecule has 3 nitrogen and oxygen atoms in total. The molecular weight excluding hydrogens is 214 g/mol. The van der Waals surface area contributed by atoms with Crippen LogP contribution in [0.2, 0.25) is 0 Å². The smallest absolute Gasteiger partial charge is 0.125 e. The minimum atomic E-state index is -0.325. The summed E-state index contributed by atoms with van der Waals surface area (Å²) in [6, 6.07) is 6.39. The van der Waals surface area contributed by atoms with Crippen molar-refractivity contribution >= 4 is 0 Å². The van der Waals surface area contributed by atoms with E-state index in [2.05, 4.69) is 6.07 Å². The van der Waals surface area contributed by atoms with E-state index in [0.29, 0.717) is 0 Å². The highest BCUT2D eigenvalue weighted by Gasteiger charge is 2.39. The lowest BCUT2D eigenvalue weighted by Gasteiger charge is -2.36. The average Bonchev–Trinajstić information content (AvgIpc) is 2.30. The summed E-state index contributed by atoms with van der Waals surface area (Å²) in [4.78, 5) is 0. The summed E-state index contributed by atoms with van der Waals surface area (Å²) >= 11 is 0. The minimum absolute atomic E-state index is 0.325. The third kappa shape index (κ3) is 1.74. The zero-order chi connectivity index (χ0) is 12.5. The summed E-state index contributed by atoms with van der Waals surface area (Å²) in [6.07, 6.45) is 2.98. The molecule has 1 fully saturated rings. The Morgan fingerprint density at radius 3 is 2.00 bits per heavy atom. The molecule has 0 spiro atoms. The maximum atomic E-state index is 9.35. The molecule has 0 unspecified atom stereocenters. The molecule has 1 aliphatic carbocycles. The van der Waals surface area contributed by atoms with Gasteiger partial charge in [-0.3, -0.25) is 0 Å². The van der Waals surface area contributed by atoms with Crippen LogP contribution in [-0.2, 0) is 5.41 Å². The van der Waals surface area contributed by atoms with Crippen LogP contribution in [0.25, 0.3) is 0 Å². The number of nitrogens with zero attached hydrogens (tertiary/aromatic N) is 1. The van der Waals surface area contributed by atoms with Crippen LogP contribution in [0.1, 0.15) is 30.4 Å². The van der Waals surface area contributed by atoms with Crippen molar-refractivity contribution in [2.24, 2.45) is 0 Å². The molecule has 0 heterocycles. The van der Waals surface area contributed by atoms with Gasteiger partial charge < -0.3 is 9.47 Å². The van der Waals surface area contributed by atoms with Crippen molar-refractivity contribution in [3.8, 4) is 17.6 Å². The third-order valence-corrected chi connectivity index (χ3v) is 3.73. The van der Waals surface area contributed by atoms with Crippen LogP contribution in [-0.4, -0.2) is 14.2 Å². The van der Waals surface area contributed by atoms with Gasteiger partial charge in [-0.25, -0.2) is 0 Å². The summed E-state index contributed by atoms with van der Waals surface area (Å²) in [7, 11) is 3.29. The van der Waals surface area contributed by atoms with Gasteiger partial charge in [-0.2, -0.15) is 5.26 Å². The fourth-order valence-electron chi connectivity index (χ4n) is 2.36. The molecule has 0 atom stereocenters. The van der Waals surface area contributed by atoms with Crippen LogP contribution in [0, 0.1) is 18.3 Å². The van der Waals surface area contributed by atoms with Crippen LogP contribution < -0.4 is 9.47 Å². The van der Waals surface area contributed by atoms with E-state index in [4.69, 9.17) is 9.47 Å². The Labute approximate surface area is 102 Å². The van der Waals surface area contributed by atoms with E-state index in [1.54, 1.807) is 14.2 Å². The molecular formula is C14H17NO2. The molecule has 0 saturated heterocycles. The predicted octanol–water partition coefficient (Wildman–Crippen LogP) is 2.96. The van der Waals surface area contributed by atoms with Gasteiger partial charge in [0.05, 0.1) is 25.7 Å². The van der Waals surface area contributed by atoms with Gasteiger partial charge in [0.25, 0.3) is 0 Å². The summed E-state index contributed by atoms with van der Waals surface area (Å²) in [6.45, 7) is 1.96. The van der Waals surface area contributed by atoms with Crippen molar-refractivity contribution < 1.29 is 9.47 Å². The normalized spacial score (nSPS) is 16.8. The van der Waals surface area contributed by atoms with Crippen LogP contribution in [0.4, 0.5) is 0 Å². The molecule has 0 aliphatic heterocycles. The zero-order valence-corrected chi connectivity index (χ0v) is 10.5. The molecule has 0 amide bonds. The molecule has 1 aliphatic rings. The van der Waals surface area contributed by atoms with E-state index in [-0.39, 0.29) is 5.41 Å². The van der Waals surface area contributed by atoms with Gasteiger partial charge in [-0.15, -0.1) is 0 Å². The maximum Gasteiger partial charge on any atom is 0.125 e. The van der Waals surface area contributed by atoms with Gasteiger partial charge in [-0.1, -0.05) is 0 Å². The number of ether oxygens (including phenoxy) is 2. The molecule has 0 N–H and O–H groups in total. The zero-order valence-electron chi connectivity index (χ0n) is 10.5. The number of hydrogen-bond acceptors (Lipinski definition) is 3. The first-order valence-electron chi connectivity index (χ1n) is 5.81. The summed E-state index contributed by atoms with van der Waals surface area (Å²) in [5.41, 5.74) is 1.67. The lowest BCUT2D eigenvalue weighted by atomic mass is 9.65. The molecule has 1 aromatic rings. The topological polar surface area (TPSA) is 42.2 Å². The highest BCUT2D eigenvalue weighted by Crippen LogP contribution is 2.46. The van der Waals surface area contributed by atoms with Crippen molar-refractivity contribution in [3.63, 3.8) is 0 Å². The van der Waals surface area contributed by atoms with Gasteiger partial charge >= 0.3 is 0 Å². The second-order valence-electron chi connectivity index (χ2n) is 4.55. The standard InChI is InChI=1S/C14H17NO2/c1-10-12(16-2)7-11(8-13(10)17-3)14(9-15)5-4-6-14/h7-8H,4-6H2,1-3H3.